The molecule has 2 unspecified atom stereocenters. The summed E-state index contributed by atoms with van der Waals surface area (Å²) in [6.07, 6.45) is 6.84. The van der Waals surface area contributed by atoms with Crippen LogP contribution in [-0.4, -0.2) is 63.0 Å². The third kappa shape index (κ3) is 3.36. The van der Waals surface area contributed by atoms with Crippen LogP contribution in [0.5, 0.6) is 5.75 Å². The summed E-state index contributed by atoms with van der Waals surface area (Å²) in [6.45, 7) is 2.57. The van der Waals surface area contributed by atoms with E-state index in [0.29, 0.717) is 29.4 Å². The Bertz CT molecular complexity index is 1120. The van der Waals surface area contributed by atoms with Gasteiger partial charge < -0.3 is 20.1 Å². The quantitative estimate of drug-likeness (QED) is 0.674. The van der Waals surface area contributed by atoms with Crippen LogP contribution in [0.4, 0.5) is 5.82 Å². The van der Waals surface area contributed by atoms with Gasteiger partial charge >= 0.3 is 0 Å². The Morgan fingerprint density at radius 1 is 1.10 bits per heavy atom. The van der Waals surface area contributed by atoms with Crippen LogP contribution in [0.2, 0.25) is 0 Å². The summed E-state index contributed by atoms with van der Waals surface area (Å²) in [5, 5.41) is 27.7. The third-order valence-corrected chi connectivity index (χ3v) is 6.72. The van der Waals surface area contributed by atoms with Gasteiger partial charge in [0.15, 0.2) is 5.82 Å². The number of morpholine rings is 1. The molecule has 3 aromatic rings. The molecular weight excluding hydrogens is 392 g/mol. The molecule has 0 aliphatic carbocycles. The Kier molecular flexibility index (Phi) is 4.43. The number of hydrogen-bond acceptors (Lipinski definition) is 7. The van der Waals surface area contributed by atoms with Crippen molar-refractivity contribution in [2.45, 2.75) is 37.4 Å². The largest absolute Gasteiger partial charge is 0.507 e. The second-order valence-electron chi connectivity index (χ2n) is 8.88. The van der Waals surface area contributed by atoms with Crippen molar-refractivity contribution in [2.24, 2.45) is 7.05 Å². The second kappa shape index (κ2) is 7.32. The maximum atomic E-state index is 10.7. The third-order valence-electron chi connectivity index (χ3n) is 6.72. The molecule has 6 rings (SSSR count). The SMILES string of the molecule is Cn1cc(-c2ccc(-c3cc4c(nn3)N(C3CC5COC[C@@H](C3)N5)CC4)c(O)c2)cn1. The van der Waals surface area contributed by atoms with Gasteiger partial charge in [-0.25, -0.2) is 0 Å². The summed E-state index contributed by atoms with van der Waals surface area (Å²) in [5.74, 6) is 1.21. The first kappa shape index (κ1) is 18.8. The highest BCUT2D eigenvalue weighted by atomic mass is 16.5. The summed E-state index contributed by atoms with van der Waals surface area (Å²) in [7, 11) is 1.88. The van der Waals surface area contributed by atoms with Gasteiger partial charge in [0.2, 0.25) is 0 Å². The molecule has 2 fully saturated rings. The van der Waals surface area contributed by atoms with Crippen LogP contribution in [0, 0.1) is 0 Å². The molecule has 2 bridgehead atoms. The van der Waals surface area contributed by atoms with Crippen LogP contribution in [0.25, 0.3) is 22.4 Å². The molecule has 8 heteroatoms. The van der Waals surface area contributed by atoms with E-state index in [9.17, 15) is 5.11 Å². The van der Waals surface area contributed by atoms with Gasteiger partial charge in [0.05, 0.1) is 25.1 Å². The van der Waals surface area contributed by atoms with Crippen LogP contribution in [0.1, 0.15) is 18.4 Å². The smallest absolute Gasteiger partial charge is 0.154 e. The number of nitrogens with zero attached hydrogens (tertiary/aromatic N) is 5. The zero-order valence-electron chi connectivity index (χ0n) is 17.5. The molecule has 3 aliphatic rings. The molecule has 2 N–H and O–H groups in total. The van der Waals surface area contributed by atoms with Gasteiger partial charge in [-0.3, -0.25) is 4.68 Å². The van der Waals surface area contributed by atoms with Crippen molar-refractivity contribution in [3.8, 4) is 28.1 Å². The van der Waals surface area contributed by atoms with Gasteiger partial charge in [0.25, 0.3) is 0 Å². The van der Waals surface area contributed by atoms with E-state index in [2.05, 4.69) is 31.6 Å². The zero-order valence-corrected chi connectivity index (χ0v) is 17.5. The maximum absolute atomic E-state index is 10.7. The lowest BCUT2D eigenvalue weighted by Crippen LogP contribution is -2.58. The molecule has 0 spiro atoms. The van der Waals surface area contributed by atoms with E-state index < -0.39 is 0 Å². The van der Waals surface area contributed by atoms with Gasteiger partial charge in [-0.2, -0.15) is 5.10 Å². The standard InChI is InChI=1S/C23H26N6O2/c1-28-11-16(10-24-28)14-2-3-20(22(30)7-14)21-6-15-4-5-29(23(15)27-26-21)19-8-17-12-31-13-18(9-19)25-17/h2-3,6-7,10-11,17-19,25,30H,4-5,8-9,12-13H2,1H3/t17-,18?,19?/m1/s1. The number of aromatic hydroxyl groups is 1. The van der Waals surface area contributed by atoms with Gasteiger partial charge in [-0.05, 0) is 43.0 Å². The highest BCUT2D eigenvalue weighted by Gasteiger charge is 2.37. The molecule has 160 valence electrons. The molecule has 0 radical (unpaired) electrons. The average molecular weight is 419 g/mol. The summed E-state index contributed by atoms with van der Waals surface area (Å²) in [6, 6.07) is 9.11. The van der Waals surface area contributed by atoms with Crippen molar-refractivity contribution in [2.75, 3.05) is 24.7 Å². The first-order valence-corrected chi connectivity index (χ1v) is 10.9. The van der Waals surface area contributed by atoms with E-state index in [-0.39, 0.29) is 5.75 Å². The van der Waals surface area contributed by atoms with Crippen LogP contribution in [0.3, 0.4) is 0 Å². The Morgan fingerprint density at radius 2 is 1.94 bits per heavy atom. The number of fused-ring (bicyclic) bond motifs is 3. The fourth-order valence-corrected chi connectivity index (χ4v) is 5.24. The summed E-state index contributed by atoms with van der Waals surface area (Å²) in [4.78, 5) is 2.43. The van der Waals surface area contributed by atoms with Gasteiger partial charge in [0, 0.05) is 54.6 Å². The Morgan fingerprint density at radius 3 is 2.68 bits per heavy atom. The van der Waals surface area contributed by atoms with E-state index in [1.165, 1.54) is 5.56 Å². The minimum absolute atomic E-state index is 0.205. The van der Waals surface area contributed by atoms with E-state index in [4.69, 9.17) is 4.74 Å². The number of ether oxygens (including phenoxy) is 1. The number of rotatable bonds is 3. The number of piperidine rings is 1. The summed E-state index contributed by atoms with van der Waals surface area (Å²) in [5.41, 5.74) is 4.52. The summed E-state index contributed by atoms with van der Waals surface area (Å²) >= 11 is 0. The second-order valence-corrected chi connectivity index (χ2v) is 8.88. The van der Waals surface area contributed by atoms with E-state index in [1.807, 2.05) is 25.4 Å². The van der Waals surface area contributed by atoms with E-state index in [1.54, 1.807) is 16.9 Å². The van der Waals surface area contributed by atoms with Crippen LogP contribution in [-0.2, 0) is 18.2 Å². The first-order valence-electron chi connectivity index (χ1n) is 10.9. The number of anilines is 1. The lowest BCUT2D eigenvalue weighted by atomic mass is 9.91. The average Bonchev–Trinajstić information content (AvgIpc) is 3.39. The first-order chi connectivity index (χ1) is 15.1. The Labute approximate surface area is 180 Å². The highest BCUT2D eigenvalue weighted by molar-refractivity contribution is 5.74. The molecule has 0 amide bonds. The fourth-order valence-electron chi connectivity index (χ4n) is 5.24. The van der Waals surface area contributed by atoms with Crippen molar-refractivity contribution in [1.29, 1.82) is 0 Å². The Hall–Kier alpha value is -2.97. The molecule has 31 heavy (non-hydrogen) atoms. The van der Waals surface area contributed by atoms with E-state index >= 15 is 0 Å². The predicted octanol–water partition coefficient (Wildman–Crippen LogP) is 2.13. The highest BCUT2D eigenvalue weighted by Crippen LogP contribution is 2.37. The number of hydrogen-bond donors (Lipinski definition) is 2. The number of nitrogens with one attached hydrogen (secondary N) is 1. The van der Waals surface area contributed by atoms with Crippen molar-refractivity contribution < 1.29 is 9.84 Å². The lowest BCUT2D eigenvalue weighted by molar-refractivity contribution is 0.0180. The van der Waals surface area contributed by atoms with Crippen molar-refractivity contribution >= 4 is 5.82 Å². The molecule has 0 saturated carbocycles. The topological polar surface area (TPSA) is 88.3 Å². The van der Waals surface area contributed by atoms with Crippen molar-refractivity contribution in [3.05, 3.63) is 42.2 Å². The van der Waals surface area contributed by atoms with Gasteiger partial charge in [0.1, 0.15) is 5.75 Å². The maximum Gasteiger partial charge on any atom is 0.154 e. The fraction of sp³-hybridized carbons (Fsp3) is 0.435. The molecule has 1 aromatic carbocycles. The summed E-state index contributed by atoms with van der Waals surface area (Å²) < 4.78 is 7.44. The number of benzene rings is 1. The molecular formula is C23H26N6O2. The minimum Gasteiger partial charge on any atom is -0.507 e. The van der Waals surface area contributed by atoms with Crippen molar-refractivity contribution in [1.82, 2.24) is 25.3 Å². The molecule has 2 aromatic heterocycles. The van der Waals surface area contributed by atoms with E-state index in [0.717, 1.165) is 56.0 Å². The number of phenolic OH excluding ortho intramolecular Hbond substituents is 1. The van der Waals surface area contributed by atoms with Crippen molar-refractivity contribution in [3.63, 3.8) is 0 Å². The number of aryl methyl sites for hydroxylation is 1. The normalized spacial score (nSPS) is 24.9. The molecule has 2 saturated heterocycles. The molecule has 8 nitrogen and oxygen atoms in total. The zero-order chi connectivity index (χ0) is 20.9. The Balaban J connectivity index is 1.26. The molecule has 3 aliphatic heterocycles. The lowest BCUT2D eigenvalue weighted by Gasteiger charge is -2.43. The number of phenols is 1. The molecule has 5 heterocycles. The predicted molar refractivity (Wildman–Crippen MR) is 117 cm³/mol. The number of aromatic nitrogens is 4. The van der Waals surface area contributed by atoms with Gasteiger partial charge in [-0.1, -0.05) is 6.07 Å². The van der Waals surface area contributed by atoms with Crippen LogP contribution < -0.4 is 10.2 Å². The monoisotopic (exact) mass is 418 g/mol. The van der Waals surface area contributed by atoms with Crippen LogP contribution >= 0.6 is 0 Å². The van der Waals surface area contributed by atoms with Gasteiger partial charge in [-0.15, -0.1) is 10.2 Å². The minimum atomic E-state index is 0.205. The van der Waals surface area contributed by atoms with Crippen LogP contribution in [0.15, 0.2) is 36.7 Å². The molecule has 3 atom stereocenters.